The minimum atomic E-state index is -0.335. The summed E-state index contributed by atoms with van der Waals surface area (Å²) in [5.74, 6) is -0.182. The number of benzene rings is 2. The largest absolute Gasteiger partial charge is 0.508 e. The van der Waals surface area contributed by atoms with Crippen LogP contribution in [-0.4, -0.2) is 45.4 Å². The van der Waals surface area contributed by atoms with Crippen LogP contribution >= 0.6 is 0 Å². The minimum absolute atomic E-state index is 0.0520. The maximum atomic E-state index is 13.4. The van der Waals surface area contributed by atoms with Gasteiger partial charge in [-0.25, -0.2) is 5.10 Å². The second-order valence-corrected chi connectivity index (χ2v) is 6.90. The van der Waals surface area contributed by atoms with Gasteiger partial charge in [-0.05, 0) is 25.0 Å². The quantitative estimate of drug-likeness (QED) is 0.710. The van der Waals surface area contributed by atoms with Crippen LogP contribution in [0.25, 0.3) is 10.8 Å². The Kier molecular flexibility index (Phi) is 5.08. The van der Waals surface area contributed by atoms with Gasteiger partial charge in [-0.15, -0.1) is 0 Å². The molecule has 1 atom stereocenters. The van der Waals surface area contributed by atoms with E-state index in [2.05, 4.69) is 10.2 Å². The van der Waals surface area contributed by atoms with Gasteiger partial charge in [-0.2, -0.15) is 5.10 Å². The number of para-hydroxylation sites is 1. The van der Waals surface area contributed by atoms with Gasteiger partial charge in [0.05, 0.1) is 11.5 Å². The maximum absolute atomic E-state index is 13.4. The van der Waals surface area contributed by atoms with Crippen molar-refractivity contribution in [2.24, 2.45) is 0 Å². The first-order valence-corrected chi connectivity index (χ1v) is 9.28. The van der Waals surface area contributed by atoms with E-state index in [0.717, 1.165) is 12.8 Å². The molecule has 0 aliphatic carbocycles. The zero-order valence-electron chi connectivity index (χ0n) is 15.3. The standard InChI is InChI=1S/C21H21N3O4/c25-18-10-4-1-6-14(18)12-24(13-15-7-5-11-28-15)21(27)19-16-8-2-3-9-17(16)20(26)23-22-19/h1-4,6,8-10,15,25H,5,7,11-13H2,(H,23,26). The van der Waals surface area contributed by atoms with E-state index in [0.29, 0.717) is 29.5 Å². The van der Waals surface area contributed by atoms with Gasteiger partial charge in [0.15, 0.2) is 5.69 Å². The molecule has 4 rings (SSSR count). The van der Waals surface area contributed by atoms with Crippen LogP contribution in [0.4, 0.5) is 0 Å². The number of aromatic amines is 1. The zero-order valence-corrected chi connectivity index (χ0v) is 15.3. The molecule has 0 bridgehead atoms. The Balaban J connectivity index is 1.71. The minimum Gasteiger partial charge on any atom is -0.508 e. The molecule has 1 aliphatic rings. The molecule has 1 unspecified atom stereocenters. The normalized spacial score (nSPS) is 16.4. The molecule has 7 nitrogen and oxygen atoms in total. The number of phenolic OH excluding ortho intramolecular Hbond substituents is 1. The van der Waals surface area contributed by atoms with E-state index >= 15 is 0 Å². The summed E-state index contributed by atoms with van der Waals surface area (Å²) < 4.78 is 5.71. The molecule has 0 spiro atoms. The van der Waals surface area contributed by atoms with E-state index < -0.39 is 0 Å². The molecule has 1 aliphatic heterocycles. The van der Waals surface area contributed by atoms with Crippen LogP contribution in [0, 0.1) is 0 Å². The summed E-state index contributed by atoms with van der Waals surface area (Å²) in [6.45, 7) is 1.30. The lowest BCUT2D eigenvalue weighted by atomic mass is 10.1. The summed E-state index contributed by atoms with van der Waals surface area (Å²) in [5.41, 5.74) is 0.490. The SMILES string of the molecule is O=C(c1n[nH]c(=O)c2ccccc12)N(Cc1ccccc1O)CC1CCCO1. The smallest absolute Gasteiger partial charge is 0.275 e. The zero-order chi connectivity index (χ0) is 19.5. The Labute approximate surface area is 161 Å². The van der Waals surface area contributed by atoms with Gasteiger partial charge in [0.2, 0.25) is 0 Å². The van der Waals surface area contributed by atoms with Crippen molar-refractivity contribution in [2.45, 2.75) is 25.5 Å². The van der Waals surface area contributed by atoms with Gasteiger partial charge in [0.1, 0.15) is 5.75 Å². The molecule has 0 radical (unpaired) electrons. The number of hydrogen-bond donors (Lipinski definition) is 2. The number of H-pyrrole nitrogens is 1. The number of carbonyl (C=O) groups is 1. The number of ether oxygens (including phenoxy) is 1. The van der Waals surface area contributed by atoms with Crippen molar-refractivity contribution in [3.63, 3.8) is 0 Å². The van der Waals surface area contributed by atoms with E-state index in [-0.39, 0.29) is 35.6 Å². The number of aromatic hydroxyl groups is 1. The van der Waals surface area contributed by atoms with Crippen molar-refractivity contribution in [2.75, 3.05) is 13.2 Å². The Hall–Kier alpha value is -3.19. The molecule has 2 aromatic carbocycles. The number of carbonyl (C=O) groups excluding carboxylic acids is 1. The third-order valence-electron chi connectivity index (χ3n) is 4.99. The van der Waals surface area contributed by atoms with Crippen molar-refractivity contribution < 1.29 is 14.6 Å². The molecule has 1 fully saturated rings. The summed E-state index contributed by atoms with van der Waals surface area (Å²) >= 11 is 0. The van der Waals surface area contributed by atoms with E-state index in [1.165, 1.54) is 0 Å². The van der Waals surface area contributed by atoms with E-state index in [1.807, 2.05) is 6.07 Å². The van der Waals surface area contributed by atoms with Crippen molar-refractivity contribution in [1.82, 2.24) is 15.1 Å². The van der Waals surface area contributed by atoms with Crippen LogP contribution in [0.15, 0.2) is 53.3 Å². The number of hydrogen-bond acceptors (Lipinski definition) is 5. The first-order valence-electron chi connectivity index (χ1n) is 9.28. The van der Waals surface area contributed by atoms with Crippen LogP contribution in [-0.2, 0) is 11.3 Å². The van der Waals surface area contributed by atoms with Crippen LogP contribution in [0.1, 0.15) is 28.9 Å². The third kappa shape index (κ3) is 3.61. The molecule has 3 aromatic rings. The van der Waals surface area contributed by atoms with Crippen LogP contribution in [0.5, 0.6) is 5.75 Å². The molecular weight excluding hydrogens is 358 g/mol. The van der Waals surface area contributed by atoms with Crippen LogP contribution in [0.2, 0.25) is 0 Å². The molecule has 144 valence electrons. The van der Waals surface area contributed by atoms with Crippen LogP contribution < -0.4 is 5.56 Å². The summed E-state index contributed by atoms with van der Waals surface area (Å²) in [7, 11) is 0. The molecular formula is C21H21N3O4. The Morgan fingerprint density at radius 2 is 1.93 bits per heavy atom. The van der Waals surface area contributed by atoms with E-state index in [1.54, 1.807) is 47.4 Å². The van der Waals surface area contributed by atoms with Gasteiger partial charge in [0, 0.05) is 30.6 Å². The number of rotatable bonds is 5. The fourth-order valence-electron chi connectivity index (χ4n) is 3.53. The molecule has 1 aromatic heterocycles. The van der Waals surface area contributed by atoms with Crippen molar-refractivity contribution >= 4 is 16.7 Å². The summed E-state index contributed by atoms with van der Waals surface area (Å²) in [4.78, 5) is 27.0. The molecule has 1 saturated heterocycles. The number of amides is 1. The highest BCUT2D eigenvalue weighted by Crippen LogP contribution is 2.23. The summed E-state index contributed by atoms with van der Waals surface area (Å²) in [5, 5.41) is 17.5. The topological polar surface area (TPSA) is 95.5 Å². The number of nitrogens with one attached hydrogen (secondary N) is 1. The molecule has 1 amide bonds. The Morgan fingerprint density at radius 3 is 2.68 bits per heavy atom. The molecule has 2 N–H and O–H groups in total. The van der Waals surface area contributed by atoms with Gasteiger partial charge in [-0.1, -0.05) is 36.4 Å². The lowest BCUT2D eigenvalue weighted by Gasteiger charge is -2.26. The number of nitrogens with zero attached hydrogens (tertiary/aromatic N) is 2. The number of fused-ring (bicyclic) bond motifs is 1. The number of aromatic nitrogens is 2. The molecule has 0 saturated carbocycles. The Bertz CT molecular complexity index is 1060. The van der Waals surface area contributed by atoms with Crippen molar-refractivity contribution in [1.29, 1.82) is 0 Å². The van der Waals surface area contributed by atoms with Gasteiger partial charge in [-0.3, -0.25) is 9.59 Å². The average molecular weight is 379 g/mol. The summed E-state index contributed by atoms with van der Waals surface area (Å²) in [6, 6.07) is 13.8. The van der Waals surface area contributed by atoms with Gasteiger partial charge >= 0.3 is 0 Å². The average Bonchev–Trinajstić information content (AvgIpc) is 3.22. The monoisotopic (exact) mass is 379 g/mol. The fraction of sp³-hybridized carbons (Fsp3) is 0.286. The van der Waals surface area contributed by atoms with Crippen molar-refractivity contribution in [3.8, 4) is 5.75 Å². The maximum Gasteiger partial charge on any atom is 0.275 e. The second-order valence-electron chi connectivity index (χ2n) is 6.90. The summed E-state index contributed by atoms with van der Waals surface area (Å²) in [6.07, 6.45) is 1.79. The van der Waals surface area contributed by atoms with Crippen LogP contribution in [0.3, 0.4) is 0 Å². The van der Waals surface area contributed by atoms with Gasteiger partial charge < -0.3 is 14.7 Å². The highest BCUT2D eigenvalue weighted by atomic mass is 16.5. The highest BCUT2D eigenvalue weighted by molar-refractivity contribution is 6.04. The lowest BCUT2D eigenvalue weighted by Crippen LogP contribution is -2.38. The predicted molar refractivity (Wildman–Crippen MR) is 104 cm³/mol. The lowest BCUT2D eigenvalue weighted by molar-refractivity contribution is 0.0502. The highest BCUT2D eigenvalue weighted by Gasteiger charge is 2.26. The van der Waals surface area contributed by atoms with Crippen molar-refractivity contribution in [3.05, 3.63) is 70.1 Å². The molecule has 2 heterocycles. The molecule has 7 heteroatoms. The van der Waals surface area contributed by atoms with Gasteiger partial charge in [0.25, 0.3) is 11.5 Å². The first-order chi connectivity index (χ1) is 13.6. The fourth-order valence-corrected chi connectivity index (χ4v) is 3.53. The second kappa shape index (κ2) is 7.82. The third-order valence-corrected chi connectivity index (χ3v) is 4.99. The number of phenols is 1. The Morgan fingerprint density at radius 1 is 1.18 bits per heavy atom. The van der Waals surface area contributed by atoms with E-state index in [9.17, 15) is 14.7 Å². The van der Waals surface area contributed by atoms with E-state index in [4.69, 9.17) is 4.74 Å². The first kappa shape index (κ1) is 18.2. The molecule has 28 heavy (non-hydrogen) atoms. The predicted octanol–water partition coefficient (Wildman–Crippen LogP) is 2.45.